The third-order valence-corrected chi connectivity index (χ3v) is 5.51. The number of nitrogens with two attached hydrogens (primary N) is 1. The van der Waals surface area contributed by atoms with Crippen LogP contribution in [0.2, 0.25) is 0 Å². The predicted octanol–water partition coefficient (Wildman–Crippen LogP) is 4.37. The zero-order valence-electron chi connectivity index (χ0n) is 15.5. The zero-order valence-corrected chi connectivity index (χ0v) is 18.7. The molecule has 0 bridgehead atoms. The van der Waals surface area contributed by atoms with E-state index in [4.69, 9.17) is 15.2 Å². The first-order chi connectivity index (χ1) is 11.9. The molecule has 5 nitrogen and oxygen atoms in total. The van der Waals surface area contributed by atoms with Crippen LogP contribution in [-0.2, 0) is 12.8 Å². The maximum Gasteiger partial charge on any atom is 0.160 e. The second-order valence-electron chi connectivity index (χ2n) is 6.36. The number of hydrogen-bond acceptors (Lipinski definition) is 5. The van der Waals surface area contributed by atoms with Crippen LogP contribution in [0.1, 0.15) is 22.7 Å². The number of fused-ring (bicyclic) bond motifs is 1. The highest BCUT2D eigenvalue weighted by Crippen LogP contribution is 2.40. The van der Waals surface area contributed by atoms with E-state index in [1.807, 2.05) is 24.3 Å². The molecule has 0 aliphatic carbocycles. The molecule has 2 aromatic carbocycles. The molecule has 1 aliphatic rings. The third-order valence-electron chi connectivity index (χ3n) is 4.89. The van der Waals surface area contributed by atoms with Crippen molar-refractivity contribution in [1.82, 2.24) is 4.90 Å². The van der Waals surface area contributed by atoms with Crippen LogP contribution in [0.15, 0.2) is 28.7 Å². The molecule has 0 fully saturated rings. The fraction of sp³-hybridized carbons (Fsp3) is 0.368. The van der Waals surface area contributed by atoms with Crippen molar-refractivity contribution in [3.05, 3.63) is 45.4 Å². The molecule has 0 aromatic heterocycles. The number of anilines is 1. The fourth-order valence-corrected chi connectivity index (χ4v) is 3.98. The van der Waals surface area contributed by atoms with Crippen molar-refractivity contribution >= 4 is 46.4 Å². The molecule has 0 saturated heterocycles. The quantitative estimate of drug-likeness (QED) is 0.637. The van der Waals surface area contributed by atoms with E-state index >= 15 is 0 Å². The summed E-state index contributed by atoms with van der Waals surface area (Å²) in [6, 6.07) is 7.76. The van der Waals surface area contributed by atoms with E-state index in [-0.39, 0.29) is 36.6 Å². The van der Waals surface area contributed by atoms with Crippen molar-refractivity contribution in [2.75, 3.05) is 33.5 Å². The van der Waals surface area contributed by atoms with Gasteiger partial charge in [0.25, 0.3) is 0 Å². The van der Waals surface area contributed by atoms with Crippen molar-refractivity contribution in [1.29, 1.82) is 0 Å². The number of methoxy groups -OCH3 is 2. The van der Waals surface area contributed by atoms with Gasteiger partial charge in [-0.1, -0.05) is 0 Å². The SMILES string of the molecule is COc1cc2c(cc1O)C(Cc1cc(Br)c(OC)cc1N)N(C)CC2.Cl.Cl. The molecule has 3 N–H and O–H groups in total. The minimum Gasteiger partial charge on any atom is -0.504 e. The molecule has 0 amide bonds. The lowest BCUT2D eigenvalue weighted by molar-refractivity contribution is 0.228. The van der Waals surface area contributed by atoms with Gasteiger partial charge in [0.15, 0.2) is 11.5 Å². The second kappa shape index (κ2) is 9.73. The van der Waals surface area contributed by atoms with Crippen LogP contribution in [0, 0.1) is 0 Å². The lowest BCUT2D eigenvalue weighted by Crippen LogP contribution is -2.33. The van der Waals surface area contributed by atoms with Crippen LogP contribution in [0.4, 0.5) is 5.69 Å². The van der Waals surface area contributed by atoms with Crippen LogP contribution in [0.3, 0.4) is 0 Å². The van der Waals surface area contributed by atoms with Crippen LogP contribution in [0.25, 0.3) is 0 Å². The van der Waals surface area contributed by atoms with E-state index < -0.39 is 0 Å². The summed E-state index contributed by atoms with van der Waals surface area (Å²) in [6.07, 6.45) is 1.68. The first-order valence-corrected chi connectivity index (χ1v) is 8.95. The lowest BCUT2D eigenvalue weighted by atomic mass is 9.88. The molecule has 8 heteroatoms. The minimum atomic E-state index is 0. The Kier molecular flexibility index (Phi) is 8.54. The van der Waals surface area contributed by atoms with E-state index in [0.29, 0.717) is 11.4 Å². The molecule has 0 saturated carbocycles. The van der Waals surface area contributed by atoms with Gasteiger partial charge in [0, 0.05) is 24.3 Å². The van der Waals surface area contributed by atoms with Crippen LogP contribution in [-0.4, -0.2) is 37.8 Å². The Morgan fingerprint density at radius 3 is 2.44 bits per heavy atom. The van der Waals surface area contributed by atoms with Crippen molar-refractivity contribution in [2.45, 2.75) is 18.9 Å². The number of phenols is 1. The first kappa shape index (κ1) is 23.7. The highest BCUT2D eigenvalue weighted by molar-refractivity contribution is 9.10. The first-order valence-electron chi connectivity index (χ1n) is 8.16. The topological polar surface area (TPSA) is 67.9 Å². The number of aromatic hydroxyl groups is 1. The van der Waals surface area contributed by atoms with Gasteiger partial charge in [-0.2, -0.15) is 0 Å². The number of likely N-dealkylation sites (N-methyl/N-ethyl adjacent to an activating group) is 1. The number of nitrogens with zero attached hydrogens (tertiary/aromatic N) is 1. The van der Waals surface area contributed by atoms with Gasteiger partial charge in [0.2, 0.25) is 0 Å². The van der Waals surface area contributed by atoms with Gasteiger partial charge in [0.1, 0.15) is 5.75 Å². The summed E-state index contributed by atoms with van der Waals surface area (Å²) < 4.78 is 11.4. The van der Waals surface area contributed by atoms with E-state index in [2.05, 4.69) is 27.9 Å². The summed E-state index contributed by atoms with van der Waals surface area (Å²) in [5.41, 5.74) is 10.3. The van der Waals surface area contributed by atoms with Gasteiger partial charge < -0.3 is 20.3 Å². The Bertz CT molecular complexity index is 805. The molecular formula is C19H25BrCl2N2O3. The fourth-order valence-electron chi connectivity index (χ4n) is 3.42. The number of rotatable bonds is 4. The van der Waals surface area contributed by atoms with Crippen molar-refractivity contribution in [2.24, 2.45) is 0 Å². The van der Waals surface area contributed by atoms with E-state index in [1.165, 1.54) is 5.56 Å². The van der Waals surface area contributed by atoms with E-state index in [0.717, 1.165) is 40.7 Å². The minimum absolute atomic E-state index is 0. The molecule has 0 radical (unpaired) electrons. The Morgan fingerprint density at radius 2 is 1.81 bits per heavy atom. The highest BCUT2D eigenvalue weighted by atomic mass is 79.9. The third kappa shape index (κ3) is 4.74. The number of hydrogen-bond donors (Lipinski definition) is 2. The number of benzene rings is 2. The molecule has 3 rings (SSSR count). The largest absolute Gasteiger partial charge is 0.504 e. The van der Waals surface area contributed by atoms with E-state index in [1.54, 1.807) is 14.2 Å². The molecule has 1 aliphatic heterocycles. The Labute approximate surface area is 180 Å². The summed E-state index contributed by atoms with van der Waals surface area (Å²) in [5, 5.41) is 10.2. The molecule has 1 atom stereocenters. The summed E-state index contributed by atoms with van der Waals surface area (Å²) in [6.45, 7) is 0.947. The lowest BCUT2D eigenvalue weighted by Gasteiger charge is -2.35. The van der Waals surface area contributed by atoms with Gasteiger partial charge in [-0.25, -0.2) is 0 Å². The van der Waals surface area contributed by atoms with E-state index in [9.17, 15) is 5.11 Å². The summed E-state index contributed by atoms with van der Waals surface area (Å²) in [4.78, 5) is 2.30. The monoisotopic (exact) mass is 478 g/mol. The van der Waals surface area contributed by atoms with Gasteiger partial charge in [-0.15, -0.1) is 24.8 Å². The van der Waals surface area contributed by atoms with Gasteiger partial charge in [-0.05, 0) is 70.7 Å². The standard InChI is InChI=1S/C19H23BrN2O3.2ClH/c1-22-5-4-11-8-19(25-3)17(23)9-13(11)16(22)7-12-6-14(20)18(24-2)10-15(12)21;;/h6,8-10,16,23H,4-5,7,21H2,1-3H3;2*1H. The molecule has 27 heavy (non-hydrogen) atoms. The van der Waals surface area contributed by atoms with Crippen molar-refractivity contribution < 1.29 is 14.6 Å². The molecular weight excluding hydrogens is 455 g/mol. The normalized spacial score (nSPS) is 15.9. The Hall–Kier alpha value is -1.34. The van der Waals surface area contributed by atoms with Crippen LogP contribution < -0.4 is 15.2 Å². The number of halogens is 3. The molecule has 150 valence electrons. The molecule has 0 spiro atoms. The maximum absolute atomic E-state index is 10.2. The predicted molar refractivity (Wildman–Crippen MR) is 117 cm³/mol. The highest BCUT2D eigenvalue weighted by Gasteiger charge is 2.27. The van der Waals surface area contributed by atoms with Crippen LogP contribution in [0.5, 0.6) is 17.2 Å². The van der Waals surface area contributed by atoms with Gasteiger partial charge in [0.05, 0.1) is 18.7 Å². The van der Waals surface area contributed by atoms with Crippen LogP contribution >= 0.6 is 40.7 Å². The Morgan fingerprint density at radius 1 is 1.15 bits per heavy atom. The van der Waals surface area contributed by atoms with Gasteiger partial charge in [-0.3, -0.25) is 4.90 Å². The average molecular weight is 480 g/mol. The number of nitrogen functional groups attached to an aromatic ring is 1. The molecule has 1 heterocycles. The van der Waals surface area contributed by atoms with Gasteiger partial charge >= 0.3 is 0 Å². The second-order valence-corrected chi connectivity index (χ2v) is 7.21. The summed E-state index contributed by atoms with van der Waals surface area (Å²) in [7, 11) is 5.30. The number of ether oxygens (including phenoxy) is 2. The molecule has 1 unspecified atom stereocenters. The van der Waals surface area contributed by atoms with Crippen molar-refractivity contribution in [3.8, 4) is 17.2 Å². The summed E-state index contributed by atoms with van der Waals surface area (Å²) >= 11 is 3.53. The smallest absolute Gasteiger partial charge is 0.160 e. The number of phenolic OH excluding ortho intramolecular Hbond substituents is 1. The summed E-state index contributed by atoms with van der Waals surface area (Å²) in [5.74, 6) is 1.42. The molecule has 2 aromatic rings. The Balaban J connectivity index is 0.00000182. The maximum atomic E-state index is 10.2. The average Bonchev–Trinajstić information content (AvgIpc) is 2.59. The zero-order chi connectivity index (χ0) is 18.1. The van der Waals surface area contributed by atoms with Crippen molar-refractivity contribution in [3.63, 3.8) is 0 Å².